The minimum atomic E-state index is -0.982. The lowest BCUT2D eigenvalue weighted by Gasteiger charge is -2.16. The summed E-state index contributed by atoms with van der Waals surface area (Å²) in [6, 6.07) is 18.8. The van der Waals surface area contributed by atoms with Crippen molar-refractivity contribution in [2.45, 2.75) is 6.10 Å². The number of carbonyl (C=O) groups excluding carboxylic acids is 2. The van der Waals surface area contributed by atoms with E-state index in [9.17, 15) is 14.0 Å². The van der Waals surface area contributed by atoms with Crippen LogP contribution in [0.2, 0.25) is 0 Å². The predicted octanol–water partition coefficient (Wildman–Crippen LogP) is 3.27. The SMILES string of the molecule is O=C1[C@@H]2C(c3ccc(F)cc3)=NO[C@@H]2C(=O)N1c1ccc2ccccc2c1. The maximum absolute atomic E-state index is 13.2. The van der Waals surface area contributed by atoms with Gasteiger partial charge in [0.1, 0.15) is 17.4 Å². The van der Waals surface area contributed by atoms with E-state index in [-0.39, 0.29) is 11.7 Å². The average molecular weight is 360 g/mol. The molecule has 3 aromatic rings. The molecule has 5 nitrogen and oxygen atoms in total. The Morgan fingerprint density at radius 1 is 0.889 bits per heavy atom. The number of rotatable bonds is 2. The summed E-state index contributed by atoms with van der Waals surface area (Å²) in [5.41, 5.74) is 1.41. The van der Waals surface area contributed by atoms with Crippen LogP contribution in [0.15, 0.2) is 71.9 Å². The fourth-order valence-electron chi connectivity index (χ4n) is 3.61. The van der Waals surface area contributed by atoms with Gasteiger partial charge in [0.15, 0.2) is 0 Å². The topological polar surface area (TPSA) is 59.0 Å². The third kappa shape index (κ3) is 2.33. The molecule has 0 aliphatic carbocycles. The molecule has 2 aliphatic heterocycles. The molecule has 2 atom stereocenters. The van der Waals surface area contributed by atoms with Crippen molar-refractivity contribution in [2.24, 2.45) is 11.1 Å². The Kier molecular flexibility index (Phi) is 3.33. The van der Waals surface area contributed by atoms with Gasteiger partial charge in [-0.05, 0) is 35.0 Å². The molecule has 6 heteroatoms. The van der Waals surface area contributed by atoms with Gasteiger partial charge < -0.3 is 4.84 Å². The highest BCUT2D eigenvalue weighted by molar-refractivity contribution is 6.32. The lowest BCUT2D eigenvalue weighted by atomic mass is 9.94. The van der Waals surface area contributed by atoms with Gasteiger partial charge in [-0.25, -0.2) is 9.29 Å². The first kappa shape index (κ1) is 15.7. The second-order valence-corrected chi connectivity index (χ2v) is 6.53. The Labute approximate surface area is 153 Å². The molecule has 0 unspecified atom stereocenters. The van der Waals surface area contributed by atoms with E-state index in [1.165, 1.54) is 24.3 Å². The first-order valence-electron chi connectivity index (χ1n) is 8.50. The summed E-state index contributed by atoms with van der Waals surface area (Å²) < 4.78 is 13.2. The van der Waals surface area contributed by atoms with Crippen molar-refractivity contribution >= 4 is 34.0 Å². The highest BCUT2D eigenvalue weighted by atomic mass is 19.1. The summed E-state index contributed by atoms with van der Waals surface area (Å²) in [7, 11) is 0. The van der Waals surface area contributed by atoms with E-state index >= 15 is 0 Å². The van der Waals surface area contributed by atoms with Crippen LogP contribution in [0.4, 0.5) is 10.1 Å². The molecule has 1 fully saturated rings. The molecule has 0 N–H and O–H groups in total. The first-order valence-corrected chi connectivity index (χ1v) is 8.50. The van der Waals surface area contributed by atoms with Crippen LogP contribution in [-0.4, -0.2) is 23.6 Å². The number of hydrogen-bond donors (Lipinski definition) is 0. The van der Waals surface area contributed by atoms with Crippen molar-refractivity contribution in [3.8, 4) is 0 Å². The predicted molar refractivity (Wildman–Crippen MR) is 97.7 cm³/mol. The number of benzene rings is 3. The summed E-state index contributed by atoms with van der Waals surface area (Å²) in [5.74, 6) is -2.04. The molecule has 27 heavy (non-hydrogen) atoms. The van der Waals surface area contributed by atoms with Crippen LogP contribution < -0.4 is 4.90 Å². The van der Waals surface area contributed by atoms with Gasteiger partial charge in [0, 0.05) is 5.56 Å². The van der Waals surface area contributed by atoms with Crippen LogP contribution >= 0.6 is 0 Å². The monoisotopic (exact) mass is 360 g/mol. The smallest absolute Gasteiger partial charge is 0.278 e. The fraction of sp³-hybridized carbons (Fsp3) is 0.0952. The van der Waals surface area contributed by atoms with Crippen molar-refractivity contribution in [2.75, 3.05) is 4.90 Å². The number of anilines is 1. The molecule has 0 radical (unpaired) electrons. The van der Waals surface area contributed by atoms with Gasteiger partial charge in [-0.15, -0.1) is 0 Å². The largest absolute Gasteiger partial charge is 0.381 e. The molecule has 0 spiro atoms. The zero-order valence-corrected chi connectivity index (χ0v) is 14.0. The molecule has 2 amide bonds. The van der Waals surface area contributed by atoms with Crippen LogP contribution in [0.25, 0.3) is 10.8 Å². The number of imide groups is 1. The standard InChI is InChI=1S/C21H13FN2O3/c22-15-8-5-13(6-9-15)18-17-19(27-23-18)21(26)24(20(17)25)16-10-7-12-3-1-2-4-14(12)11-16/h1-11,17,19H/t17-,19+/m1/s1. The minimum absolute atomic E-state index is 0.349. The average Bonchev–Trinajstić information content (AvgIpc) is 3.23. The Morgan fingerprint density at radius 3 is 2.41 bits per heavy atom. The van der Waals surface area contributed by atoms with Gasteiger partial charge in [-0.2, -0.15) is 0 Å². The second-order valence-electron chi connectivity index (χ2n) is 6.53. The Hall–Kier alpha value is -3.54. The highest BCUT2D eigenvalue weighted by Crippen LogP contribution is 2.36. The number of halogens is 1. The maximum Gasteiger partial charge on any atom is 0.278 e. The molecule has 2 heterocycles. The summed E-state index contributed by atoms with van der Waals surface area (Å²) in [5, 5.41) is 5.88. The third-order valence-corrected chi connectivity index (χ3v) is 4.94. The van der Waals surface area contributed by atoms with Crippen molar-refractivity contribution in [3.05, 3.63) is 78.1 Å². The van der Waals surface area contributed by atoms with Gasteiger partial charge in [0.25, 0.3) is 5.91 Å². The van der Waals surface area contributed by atoms with Crippen molar-refractivity contribution in [1.82, 2.24) is 0 Å². The Bertz CT molecular complexity index is 1120. The van der Waals surface area contributed by atoms with E-state index in [1.807, 2.05) is 30.3 Å². The van der Waals surface area contributed by atoms with Gasteiger partial charge in [0.2, 0.25) is 12.0 Å². The number of nitrogens with zero attached hydrogens (tertiary/aromatic N) is 2. The van der Waals surface area contributed by atoms with E-state index in [2.05, 4.69) is 5.16 Å². The quantitative estimate of drug-likeness (QED) is 0.659. The van der Waals surface area contributed by atoms with E-state index in [4.69, 9.17) is 4.84 Å². The summed E-state index contributed by atoms with van der Waals surface area (Å²) >= 11 is 0. The van der Waals surface area contributed by atoms with E-state index in [0.29, 0.717) is 17.0 Å². The van der Waals surface area contributed by atoms with E-state index in [0.717, 1.165) is 15.7 Å². The Morgan fingerprint density at radius 2 is 1.63 bits per heavy atom. The first-order chi connectivity index (χ1) is 13.1. The lowest BCUT2D eigenvalue weighted by Crippen LogP contribution is -2.33. The second kappa shape index (κ2) is 5.74. The number of hydrogen-bond acceptors (Lipinski definition) is 4. The Balaban J connectivity index is 1.53. The van der Waals surface area contributed by atoms with Gasteiger partial charge in [0.05, 0.1) is 5.69 Å². The zero-order valence-electron chi connectivity index (χ0n) is 14.0. The molecule has 132 valence electrons. The number of oxime groups is 1. The lowest BCUT2D eigenvalue weighted by molar-refractivity contribution is -0.126. The number of amides is 2. The molecule has 3 aromatic carbocycles. The van der Waals surface area contributed by atoms with Crippen molar-refractivity contribution < 1.29 is 18.8 Å². The molecule has 5 rings (SSSR count). The van der Waals surface area contributed by atoms with Gasteiger partial charge in [-0.3, -0.25) is 9.59 Å². The molecule has 0 saturated carbocycles. The van der Waals surface area contributed by atoms with Crippen LogP contribution in [0, 0.1) is 11.7 Å². The van der Waals surface area contributed by atoms with E-state index < -0.39 is 17.9 Å². The van der Waals surface area contributed by atoms with Crippen LogP contribution in [0.3, 0.4) is 0 Å². The molecule has 1 saturated heterocycles. The normalized spacial score (nSPS) is 21.4. The highest BCUT2D eigenvalue weighted by Gasteiger charge is 2.56. The van der Waals surface area contributed by atoms with Crippen molar-refractivity contribution in [1.29, 1.82) is 0 Å². The molecular formula is C21H13FN2O3. The molecule has 2 aliphatic rings. The van der Waals surface area contributed by atoms with E-state index in [1.54, 1.807) is 12.1 Å². The fourth-order valence-corrected chi connectivity index (χ4v) is 3.61. The van der Waals surface area contributed by atoms with Crippen LogP contribution in [0.5, 0.6) is 0 Å². The summed E-state index contributed by atoms with van der Waals surface area (Å²) in [4.78, 5) is 32.3. The van der Waals surface area contributed by atoms with Crippen LogP contribution in [-0.2, 0) is 14.4 Å². The third-order valence-electron chi connectivity index (χ3n) is 4.94. The molecule has 0 bridgehead atoms. The van der Waals surface area contributed by atoms with Crippen molar-refractivity contribution in [3.63, 3.8) is 0 Å². The maximum atomic E-state index is 13.2. The number of fused-ring (bicyclic) bond motifs is 2. The summed E-state index contributed by atoms with van der Waals surface area (Å²) in [6.45, 7) is 0. The van der Waals surface area contributed by atoms with Gasteiger partial charge in [-0.1, -0.05) is 47.6 Å². The van der Waals surface area contributed by atoms with Crippen LogP contribution in [0.1, 0.15) is 5.56 Å². The zero-order chi connectivity index (χ0) is 18.5. The molecule has 0 aromatic heterocycles. The summed E-state index contributed by atoms with van der Waals surface area (Å²) in [6.07, 6.45) is -0.982. The molecular weight excluding hydrogens is 347 g/mol. The number of carbonyl (C=O) groups is 2. The van der Waals surface area contributed by atoms with Gasteiger partial charge >= 0.3 is 0 Å². The minimum Gasteiger partial charge on any atom is -0.381 e.